The van der Waals surface area contributed by atoms with Crippen molar-refractivity contribution in [2.75, 3.05) is 7.05 Å². The second-order valence-electron chi connectivity index (χ2n) is 4.52. The van der Waals surface area contributed by atoms with Gasteiger partial charge in [0, 0.05) is 13.1 Å². The molecule has 0 saturated heterocycles. The van der Waals surface area contributed by atoms with Crippen LogP contribution in [0.5, 0.6) is 0 Å². The summed E-state index contributed by atoms with van der Waals surface area (Å²) in [5.74, 6) is 0. The maximum Gasteiger partial charge on any atom is 0.416 e. The zero-order valence-electron chi connectivity index (χ0n) is 11.6. The number of hydrogen-bond acceptors (Lipinski definition) is 2. The molecular formula is C13H18F3NO2S. The molecule has 0 aromatic heterocycles. The molecule has 0 bridgehead atoms. The van der Waals surface area contributed by atoms with Crippen LogP contribution in [0.15, 0.2) is 29.2 Å². The molecule has 0 unspecified atom stereocenters. The molecule has 20 heavy (non-hydrogen) atoms. The maximum atomic E-state index is 12.6. The number of alkyl halides is 3. The minimum absolute atomic E-state index is 0.227. The monoisotopic (exact) mass is 309 g/mol. The third-order valence-corrected chi connectivity index (χ3v) is 5.20. The van der Waals surface area contributed by atoms with Gasteiger partial charge in [-0.05, 0) is 31.0 Å². The van der Waals surface area contributed by atoms with Crippen LogP contribution in [0, 0.1) is 0 Å². The highest BCUT2D eigenvalue weighted by molar-refractivity contribution is 7.89. The average Bonchev–Trinajstić information content (AvgIpc) is 2.39. The Morgan fingerprint density at radius 3 is 2.20 bits per heavy atom. The van der Waals surface area contributed by atoms with Gasteiger partial charge in [0.05, 0.1) is 10.5 Å². The molecule has 0 N–H and O–H groups in total. The van der Waals surface area contributed by atoms with Crippen LogP contribution in [0.3, 0.4) is 0 Å². The standard InChI is InChI=1S/C13H18F3NO2S/c1-4-11(5-2)17(3)20(18,19)12-8-6-7-10(9-12)13(14,15)16/h6-9,11H,4-5H2,1-3H3. The predicted octanol–water partition coefficient (Wildman–Crippen LogP) is 3.51. The summed E-state index contributed by atoms with van der Waals surface area (Å²) < 4.78 is 63.7. The molecule has 0 saturated carbocycles. The lowest BCUT2D eigenvalue weighted by atomic mass is 10.2. The summed E-state index contributed by atoms with van der Waals surface area (Å²) in [6.07, 6.45) is -3.35. The van der Waals surface area contributed by atoms with Crippen molar-refractivity contribution >= 4 is 10.0 Å². The molecule has 1 aromatic carbocycles. The number of benzene rings is 1. The SMILES string of the molecule is CCC(CC)N(C)S(=O)(=O)c1cccc(C(F)(F)F)c1. The Balaban J connectivity index is 3.23. The fraction of sp³-hybridized carbons (Fsp3) is 0.538. The highest BCUT2D eigenvalue weighted by Gasteiger charge is 2.33. The van der Waals surface area contributed by atoms with Crippen LogP contribution in [-0.4, -0.2) is 25.8 Å². The van der Waals surface area contributed by atoms with Crippen LogP contribution in [-0.2, 0) is 16.2 Å². The first-order valence-electron chi connectivity index (χ1n) is 6.29. The highest BCUT2D eigenvalue weighted by atomic mass is 32.2. The molecule has 0 fully saturated rings. The van der Waals surface area contributed by atoms with E-state index in [-0.39, 0.29) is 10.9 Å². The largest absolute Gasteiger partial charge is 0.416 e. The van der Waals surface area contributed by atoms with Gasteiger partial charge >= 0.3 is 6.18 Å². The first kappa shape index (κ1) is 17.0. The van der Waals surface area contributed by atoms with Crippen molar-refractivity contribution in [3.8, 4) is 0 Å². The molecule has 7 heteroatoms. The van der Waals surface area contributed by atoms with E-state index in [1.807, 2.05) is 13.8 Å². The van der Waals surface area contributed by atoms with Gasteiger partial charge in [0.15, 0.2) is 0 Å². The second-order valence-corrected chi connectivity index (χ2v) is 6.51. The lowest BCUT2D eigenvalue weighted by Crippen LogP contribution is -2.36. The molecule has 0 heterocycles. The molecular weight excluding hydrogens is 291 g/mol. The molecule has 0 aliphatic carbocycles. The molecule has 0 spiro atoms. The summed E-state index contributed by atoms with van der Waals surface area (Å²) >= 11 is 0. The van der Waals surface area contributed by atoms with E-state index < -0.39 is 21.8 Å². The van der Waals surface area contributed by atoms with E-state index in [9.17, 15) is 21.6 Å². The van der Waals surface area contributed by atoms with E-state index in [1.54, 1.807) is 0 Å². The van der Waals surface area contributed by atoms with Gasteiger partial charge in [0.25, 0.3) is 0 Å². The lowest BCUT2D eigenvalue weighted by Gasteiger charge is -2.25. The number of halogens is 3. The zero-order chi connectivity index (χ0) is 15.6. The normalized spacial score (nSPS) is 13.2. The summed E-state index contributed by atoms with van der Waals surface area (Å²) in [6, 6.07) is 3.60. The van der Waals surface area contributed by atoms with Crippen molar-refractivity contribution in [3.05, 3.63) is 29.8 Å². The summed E-state index contributed by atoms with van der Waals surface area (Å²) in [4.78, 5) is -0.332. The fourth-order valence-corrected chi connectivity index (χ4v) is 3.55. The maximum absolute atomic E-state index is 12.6. The Bertz CT molecular complexity index is 551. The molecule has 1 aromatic rings. The topological polar surface area (TPSA) is 37.4 Å². The molecule has 0 aliphatic heterocycles. The fourth-order valence-electron chi connectivity index (χ4n) is 2.00. The van der Waals surface area contributed by atoms with Crippen LogP contribution in [0.2, 0.25) is 0 Å². The van der Waals surface area contributed by atoms with Gasteiger partial charge < -0.3 is 0 Å². The number of sulfonamides is 1. The second kappa shape index (κ2) is 6.13. The van der Waals surface area contributed by atoms with Gasteiger partial charge in [-0.2, -0.15) is 17.5 Å². The predicted molar refractivity (Wildman–Crippen MR) is 70.8 cm³/mol. The zero-order valence-corrected chi connectivity index (χ0v) is 12.4. The first-order valence-corrected chi connectivity index (χ1v) is 7.73. The summed E-state index contributed by atoms with van der Waals surface area (Å²) in [5.41, 5.74) is -0.962. The van der Waals surface area contributed by atoms with Gasteiger partial charge in [-0.1, -0.05) is 19.9 Å². The van der Waals surface area contributed by atoms with Crippen molar-refractivity contribution in [1.29, 1.82) is 0 Å². The number of rotatable bonds is 5. The smallest absolute Gasteiger partial charge is 0.207 e. The Morgan fingerprint density at radius 1 is 1.20 bits per heavy atom. The highest BCUT2D eigenvalue weighted by Crippen LogP contribution is 2.31. The Hall–Kier alpha value is -1.08. The Labute approximate surface area is 117 Å². The third kappa shape index (κ3) is 3.52. The van der Waals surface area contributed by atoms with Gasteiger partial charge in [-0.25, -0.2) is 8.42 Å². The summed E-state index contributed by atoms with van der Waals surface area (Å²) in [5, 5.41) is 0. The van der Waals surface area contributed by atoms with E-state index in [4.69, 9.17) is 0 Å². The van der Waals surface area contributed by atoms with E-state index in [2.05, 4.69) is 0 Å². The summed E-state index contributed by atoms with van der Waals surface area (Å²) in [6.45, 7) is 3.68. The third-order valence-electron chi connectivity index (χ3n) is 3.30. The minimum atomic E-state index is -4.56. The van der Waals surface area contributed by atoms with Crippen molar-refractivity contribution in [3.63, 3.8) is 0 Å². The van der Waals surface area contributed by atoms with Crippen molar-refractivity contribution in [2.24, 2.45) is 0 Å². The van der Waals surface area contributed by atoms with E-state index in [1.165, 1.54) is 13.1 Å². The first-order chi connectivity index (χ1) is 9.14. The molecule has 0 atom stereocenters. The Kier molecular flexibility index (Phi) is 5.21. The van der Waals surface area contributed by atoms with Crippen LogP contribution in [0.1, 0.15) is 32.3 Å². The quantitative estimate of drug-likeness (QED) is 0.834. The Morgan fingerprint density at radius 2 is 1.75 bits per heavy atom. The van der Waals surface area contributed by atoms with Crippen LogP contribution < -0.4 is 0 Å². The molecule has 0 radical (unpaired) electrons. The van der Waals surface area contributed by atoms with Crippen LogP contribution in [0.4, 0.5) is 13.2 Å². The molecule has 0 aliphatic rings. The van der Waals surface area contributed by atoms with Gasteiger partial charge in [0.2, 0.25) is 10.0 Å². The van der Waals surface area contributed by atoms with E-state index in [0.29, 0.717) is 18.9 Å². The van der Waals surface area contributed by atoms with Crippen molar-refractivity contribution in [1.82, 2.24) is 4.31 Å². The summed E-state index contributed by atoms with van der Waals surface area (Å²) in [7, 11) is -2.52. The van der Waals surface area contributed by atoms with Gasteiger partial charge in [0.1, 0.15) is 0 Å². The number of nitrogens with zero attached hydrogens (tertiary/aromatic N) is 1. The van der Waals surface area contributed by atoms with Crippen molar-refractivity contribution in [2.45, 2.75) is 43.8 Å². The van der Waals surface area contributed by atoms with Crippen LogP contribution in [0.25, 0.3) is 0 Å². The molecule has 1 rings (SSSR count). The van der Waals surface area contributed by atoms with Gasteiger partial charge in [-0.3, -0.25) is 0 Å². The van der Waals surface area contributed by atoms with Crippen molar-refractivity contribution < 1.29 is 21.6 Å². The molecule has 3 nitrogen and oxygen atoms in total. The minimum Gasteiger partial charge on any atom is -0.207 e. The van der Waals surface area contributed by atoms with E-state index in [0.717, 1.165) is 16.4 Å². The molecule has 0 amide bonds. The van der Waals surface area contributed by atoms with E-state index >= 15 is 0 Å². The van der Waals surface area contributed by atoms with Gasteiger partial charge in [-0.15, -0.1) is 0 Å². The molecule has 114 valence electrons. The average molecular weight is 309 g/mol. The van der Waals surface area contributed by atoms with Crippen LogP contribution >= 0.6 is 0 Å². The number of hydrogen-bond donors (Lipinski definition) is 0. The lowest BCUT2D eigenvalue weighted by molar-refractivity contribution is -0.137.